The summed E-state index contributed by atoms with van der Waals surface area (Å²) < 4.78 is 0. The summed E-state index contributed by atoms with van der Waals surface area (Å²) in [6, 6.07) is 8.00. The van der Waals surface area contributed by atoms with Crippen molar-refractivity contribution >= 4 is 17.5 Å². The minimum absolute atomic E-state index is 0.00528. The van der Waals surface area contributed by atoms with Gasteiger partial charge in [0.25, 0.3) is 0 Å². The molecule has 1 aromatic carbocycles. The molecule has 2 aliphatic rings. The molecule has 31 heavy (non-hydrogen) atoms. The minimum Gasteiger partial charge on any atom is -0.329 e. The zero-order valence-electron chi connectivity index (χ0n) is 18.9. The topological polar surface area (TPSA) is 62.3 Å². The molecule has 0 unspecified atom stereocenters. The Morgan fingerprint density at radius 1 is 1.10 bits per heavy atom. The van der Waals surface area contributed by atoms with E-state index in [2.05, 4.69) is 75.8 Å². The summed E-state index contributed by atoms with van der Waals surface area (Å²) in [4.78, 5) is 29.3. The second-order valence-corrected chi connectivity index (χ2v) is 9.66. The highest BCUT2D eigenvalue weighted by Gasteiger charge is 2.33. The Morgan fingerprint density at radius 2 is 1.74 bits per heavy atom. The number of carbonyl (C=O) groups excluding carboxylic acids is 2. The molecule has 1 N–H and O–H groups in total. The molecule has 0 bridgehead atoms. The number of fused-ring (bicyclic) bond motifs is 1. The van der Waals surface area contributed by atoms with Crippen LogP contribution < -0.4 is 5.32 Å². The molecular weight excluding hydrogens is 386 g/mol. The predicted molar refractivity (Wildman–Crippen MR) is 123 cm³/mol. The molecule has 5 nitrogen and oxygen atoms in total. The van der Waals surface area contributed by atoms with Crippen LogP contribution in [0.25, 0.3) is 5.57 Å². The molecule has 4 rings (SSSR count). The Balaban J connectivity index is 1.63. The summed E-state index contributed by atoms with van der Waals surface area (Å²) in [6.45, 7) is 15.7. The van der Waals surface area contributed by atoms with Gasteiger partial charge in [0.1, 0.15) is 0 Å². The lowest BCUT2D eigenvalue weighted by Gasteiger charge is -2.37. The third-order valence-electron chi connectivity index (χ3n) is 6.41. The fraction of sp³-hybridized carbons (Fsp3) is 0.346. The number of aromatic nitrogens is 1. The van der Waals surface area contributed by atoms with Crippen molar-refractivity contribution in [2.75, 3.05) is 6.54 Å². The van der Waals surface area contributed by atoms with Crippen LogP contribution in [-0.2, 0) is 22.2 Å². The van der Waals surface area contributed by atoms with Gasteiger partial charge < -0.3 is 5.32 Å². The summed E-state index contributed by atoms with van der Waals surface area (Å²) >= 11 is 0. The first-order valence-electron chi connectivity index (χ1n) is 10.6. The van der Waals surface area contributed by atoms with Gasteiger partial charge in [-0.25, -0.2) is 4.79 Å². The molecule has 0 atom stereocenters. The Bertz CT molecular complexity index is 1110. The van der Waals surface area contributed by atoms with E-state index in [-0.39, 0.29) is 35.9 Å². The van der Waals surface area contributed by atoms with Crippen LogP contribution in [0.15, 0.2) is 49.2 Å². The van der Waals surface area contributed by atoms with Gasteiger partial charge in [0.05, 0.1) is 18.8 Å². The number of allylic oxidation sites excluding steroid dienone is 2. The number of rotatable bonds is 4. The van der Waals surface area contributed by atoms with E-state index in [0.29, 0.717) is 0 Å². The number of amides is 3. The van der Waals surface area contributed by atoms with Crippen molar-refractivity contribution in [2.24, 2.45) is 0 Å². The predicted octanol–water partition coefficient (Wildman–Crippen LogP) is 4.63. The first kappa shape index (κ1) is 21.0. The highest BCUT2D eigenvalue weighted by Crippen LogP contribution is 2.43. The molecule has 1 aliphatic heterocycles. The Labute approximate surface area is 183 Å². The van der Waals surface area contributed by atoms with Crippen LogP contribution in [0.1, 0.15) is 61.2 Å². The molecule has 160 valence electrons. The third-order valence-corrected chi connectivity index (χ3v) is 6.41. The van der Waals surface area contributed by atoms with Crippen molar-refractivity contribution in [1.82, 2.24) is 15.2 Å². The van der Waals surface area contributed by atoms with Crippen molar-refractivity contribution in [2.45, 2.75) is 52.0 Å². The second-order valence-electron chi connectivity index (χ2n) is 9.66. The van der Waals surface area contributed by atoms with Crippen molar-refractivity contribution in [3.05, 3.63) is 82.7 Å². The molecule has 0 radical (unpaired) electrons. The van der Waals surface area contributed by atoms with Crippen LogP contribution in [-0.4, -0.2) is 28.4 Å². The fourth-order valence-electron chi connectivity index (χ4n) is 4.33. The molecule has 3 amide bonds. The lowest BCUT2D eigenvalue weighted by molar-refractivity contribution is -0.125. The normalized spacial score (nSPS) is 18.7. The summed E-state index contributed by atoms with van der Waals surface area (Å²) in [6.07, 6.45) is 6.30. The van der Waals surface area contributed by atoms with Crippen LogP contribution >= 0.6 is 0 Å². The standard InChI is InChI=1S/C26H29N3O2/c1-16-11-20-21(26(5,6)10-9-25(20,3)4)12-19(16)17(2)22-8-7-18(13-27-22)15-29-23(30)14-28-24(29)31/h7-13H,2,14-15H2,1,3-6H3,(H,28,31). The molecule has 5 heteroatoms. The maximum atomic E-state index is 11.8. The maximum absolute atomic E-state index is 11.8. The molecule has 1 aliphatic carbocycles. The van der Waals surface area contributed by atoms with Crippen LogP contribution in [0.2, 0.25) is 0 Å². The molecule has 1 saturated heterocycles. The Kier molecular flexibility index (Phi) is 4.88. The van der Waals surface area contributed by atoms with Gasteiger partial charge >= 0.3 is 6.03 Å². The van der Waals surface area contributed by atoms with Crippen molar-refractivity contribution in [3.8, 4) is 0 Å². The van der Waals surface area contributed by atoms with Gasteiger partial charge in [0.2, 0.25) is 5.91 Å². The van der Waals surface area contributed by atoms with E-state index in [1.165, 1.54) is 21.6 Å². The monoisotopic (exact) mass is 415 g/mol. The quantitative estimate of drug-likeness (QED) is 0.585. The number of hydrogen-bond donors (Lipinski definition) is 1. The summed E-state index contributed by atoms with van der Waals surface area (Å²) in [7, 11) is 0. The third kappa shape index (κ3) is 3.69. The SMILES string of the molecule is C=C(c1ccc(CN2C(=O)CNC2=O)cn1)c1cc2c(cc1C)C(C)(C)C=CC2(C)C. The first-order valence-corrected chi connectivity index (χ1v) is 10.6. The number of aryl methyl sites for hydroxylation is 1. The summed E-state index contributed by atoms with van der Waals surface area (Å²) in [5, 5.41) is 2.53. The number of pyridine rings is 1. The molecule has 0 saturated carbocycles. The van der Waals surface area contributed by atoms with E-state index in [4.69, 9.17) is 0 Å². The molecular formula is C26H29N3O2. The van der Waals surface area contributed by atoms with Gasteiger partial charge in [-0.3, -0.25) is 14.7 Å². The van der Waals surface area contributed by atoms with Crippen LogP contribution in [0.3, 0.4) is 0 Å². The zero-order chi connectivity index (χ0) is 22.6. The molecule has 1 fully saturated rings. The lowest BCUT2D eigenvalue weighted by atomic mass is 9.67. The van der Waals surface area contributed by atoms with Crippen molar-refractivity contribution in [1.29, 1.82) is 0 Å². The minimum atomic E-state index is -0.359. The molecule has 1 aromatic heterocycles. The first-order chi connectivity index (χ1) is 14.5. The number of nitrogens with one attached hydrogen (secondary N) is 1. The van der Waals surface area contributed by atoms with Gasteiger partial charge in [-0.05, 0) is 46.9 Å². The largest absolute Gasteiger partial charge is 0.329 e. The van der Waals surface area contributed by atoms with E-state index in [1.54, 1.807) is 6.20 Å². The van der Waals surface area contributed by atoms with Crippen LogP contribution in [0, 0.1) is 6.92 Å². The van der Waals surface area contributed by atoms with Crippen LogP contribution in [0.4, 0.5) is 4.79 Å². The van der Waals surface area contributed by atoms with Crippen molar-refractivity contribution < 1.29 is 9.59 Å². The zero-order valence-corrected chi connectivity index (χ0v) is 18.9. The Morgan fingerprint density at radius 3 is 2.29 bits per heavy atom. The van der Waals surface area contributed by atoms with Crippen molar-refractivity contribution in [3.63, 3.8) is 0 Å². The smallest absolute Gasteiger partial charge is 0.324 e. The summed E-state index contributed by atoms with van der Waals surface area (Å²) in [5.41, 5.74) is 7.33. The van der Waals surface area contributed by atoms with Gasteiger partial charge in [0.15, 0.2) is 0 Å². The number of carbonyl (C=O) groups is 2. The van der Waals surface area contributed by atoms with E-state index in [9.17, 15) is 9.59 Å². The van der Waals surface area contributed by atoms with E-state index in [0.717, 1.165) is 22.4 Å². The number of imide groups is 1. The number of benzene rings is 1. The van der Waals surface area contributed by atoms with E-state index in [1.807, 2.05) is 12.1 Å². The van der Waals surface area contributed by atoms with E-state index < -0.39 is 0 Å². The highest BCUT2D eigenvalue weighted by molar-refractivity contribution is 6.01. The number of urea groups is 1. The number of nitrogens with zero attached hydrogens (tertiary/aromatic N) is 2. The molecule has 2 aromatic rings. The second kappa shape index (κ2) is 7.19. The maximum Gasteiger partial charge on any atom is 0.324 e. The van der Waals surface area contributed by atoms with Gasteiger partial charge in [-0.2, -0.15) is 0 Å². The number of hydrogen-bond acceptors (Lipinski definition) is 3. The average Bonchev–Trinajstić information content (AvgIpc) is 3.03. The molecule has 2 heterocycles. The highest BCUT2D eigenvalue weighted by atomic mass is 16.2. The summed E-state index contributed by atoms with van der Waals surface area (Å²) in [5.74, 6) is -0.220. The van der Waals surface area contributed by atoms with Gasteiger partial charge in [0, 0.05) is 22.6 Å². The van der Waals surface area contributed by atoms with Crippen LogP contribution in [0.5, 0.6) is 0 Å². The van der Waals surface area contributed by atoms with E-state index >= 15 is 0 Å². The molecule has 0 spiro atoms. The van der Waals surface area contributed by atoms with Gasteiger partial charge in [-0.15, -0.1) is 0 Å². The Hall–Kier alpha value is -3.21. The fourth-order valence-corrected chi connectivity index (χ4v) is 4.33. The van der Waals surface area contributed by atoms with Gasteiger partial charge in [-0.1, -0.05) is 58.6 Å². The lowest BCUT2D eigenvalue weighted by Crippen LogP contribution is -2.30. The average molecular weight is 416 g/mol.